The molecule has 2 nitrogen and oxygen atoms in total. The van der Waals surface area contributed by atoms with Gasteiger partial charge in [0.15, 0.2) is 0 Å². The van der Waals surface area contributed by atoms with Crippen molar-refractivity contribution in [3.63, 3.8) is 0 Å². The lowest BCUT2D eigenvalue weighted by Gasteiger charge is -2.18. The standard InChI is InChI=1S/C10H18O2/c1-3-4-5-9(12)10(6-7-10)8(2)11/h9,12H,3-7H2,1-2H3. The fraction of sp³-hybridized carbons (Fsp3) is 0.900. The van der Waals surface area contributed by atoms with E-state index in [0.29, 0.717) is 0 Å². The molecule has 12 heavy (non-hydrogen) atoms. The Bertz CT molecular complexity index is 171. The Kier molecular flexibility index (Phi) is 2.89. The highest BCUT2D eigenvalue weighted by Gasteiger charge is 2.52. The van der Waals surface area contributed by atoms with Gasteiger partial charge in [-0.15, -0.1) is 0 Å². The van der Waals surface area contributed by atoms with Gasteiger partial charge in [0, 0.05) is 0 Å². The first-order valence-corrected chi connectivity index (χ1v) is 4.82. The van der Waals surface area contributed by atoms with Gasteiger partial charge in [0.25, 0.3) is 0 Å². The van der Waals surface area contributed by atoms with Gasteiger partial charge in [-0.1, -0.05) is 19.8 Å². The van der Waals surface area contributed by atoms with Gasteiger partial charge in [0.1, 0.15) is 5.78 Å². The first-order chi connectivity index (χ1) is 5.63. The lowest BCUT2D eigenvalue weighted by Crippen LogP contribution is -2.28. The van der Waals surface area contributed by atoms with Crippen molar-refractivity contribution in [2.45, 2.75) is 52.1 Å². The molecule has 1 N–H and O–H groups in total. The smallest absolute Gasteiger partial charge is 0.138 e. The Morgan fingerprint density at radius 1 is 1.58 bits per heavy atom. The van der Waals surface area contributed by atoms with Gasteiger partial charge in [-0.2, -0.15) is 0 Å². The van der Waals surface area contributed by atoms with E-state index < -0.39 is 0 Å². The molecule has 1 aliphatic rings. The minimum absolute atomic E-state index is 0.172. The number of ketones is 1. The Labute approximate surface area is 74.0 Å². The minimum atomic E-state index is -0.380. The van der Waals surface area contributed by atoms with E-state index in [0.717, 1.165) is 32.1 Å². The molecule has 2 heteroatoms. The van der Waals surface area contributed by atoms with Gasteiger partial charge in [-0.25, -0.2) is 0 Å². The molecule has 70 valence electrons. The van der Waals surface area contributed by atoms with Crippen molar-refractivity contribution in [2.75, 3.05) is 0 Å². The summed E-state index contributed by atoms with van der Waals surface area (Å²) in [6.45, 7) is 3.70. The third-order valence-corrected chi connectivity index (χ3v) is 2.96. The van der Waals surface area contributed by atoms with E-state index in [1.54, 1.807) is 6.92 Å². The summed E-state index contributed by atoms with van der Waals surface area (Å²) in [5, 5.41) is 9.72. The second-order valence-electron chi connectivity index (χ2n) is 3.87. The first-order valence-electron chi connectivity index (χ1n) is 4.82. The zero-order chi connectivity index (χ0) is 9.19. The highest BCUT2D eigenvalue weighted by Crippen LogP contribution is 2.50. The molecule has 0 spiro atoms. The van der Waals surface area contributed by atoms with Crippen molar-refractivity contribution < 1.29 is 9.90 Å². The predicted octanol–water partition coefficient (Wildman–Crippen LogP) is 1.91. The number of carbonyl (C=O) groups excluding carboxylic acids is 1. The highest BCUT2D eigenvalue weighted by molar-refractivity contribution is 5.85. The summed E-state index contributed by atoms with van der Waals surface area (Å²) in [5.41, 5.74) is -0.324. The molecule has 1 unspecified atom stereocenters. The molecule has 1 fully saturated rings. The van der Waals surface area contributed by atoms with E-state index in [4.69, 9.17) is 0 Å². The topological polar surface area (TPSA) is 37.3 Å². The van der Waals surface area contributed by atoms with Crippen LogP contribution in [-0.2, 0) is 4.79 Å². The Morgan fingerprint density at radius 3 is 2.50 bits per heavy atom. The maximum Gasteiger partial charge on any atom is 0.138 e. The summed E-state index contributed by atoms with van der Waals surface area (Å²) in [5.74, 6) is 0.172. The van der Waals surface area contributed by atoms with Crippen LogP contribution in [0, 0.1) is 5.41 Å². The number of aliphatic hydroxyl groups excluding tert-OH is 1. The van der Waals surface area contributed by atoms with Crippen LogP contribution >= 0.6 is 0 Å². The minimum Gasteiger partial charge on any atom is -0.392 e. The second kappa shape index (κ2) is 3.56. The average Bonchev–Trinajstić information content (AvgIpc) is 2.80. The molecule has 1 rings (SSSR count). The van der Waals surface area contributed by atoms with Crippen molar-refractivity contribution in [3.05, 3.63) is 0 Å². The van der Waals surface area contributed by atoms with Crippen LogP contribution in [-0.4, -0.2) is 17.0 Å². The van der Waals surface area contributed by atoms with Crippen LogP contribution in [0.3, 0.4) is 0 Å². The van der Waals surface area contributed by atoms with Crippen LogP contribution in [0.15, 0.2) is 0 Å². The monoisotopic (exact) mass is 170 g/mol. The van der Waals surface area contributed by atoms with Crippen molar-refractivity contribution in [1.29, 1.82) is 0 Å². The van der Waals surface area contributed by atoms with Crippen LogP contribution in [0.1, 0.15) is 46.0 Å². The summed E-state index contributed by atoms with van der Waals surface area (Å²) in [6.07, 6.45) is 4.31. The predicted molar refractivity (Wildman–Crippen MR) is 47.9 cm³/mol. The number of rotatable bonds is 5. The Hall–Kier alpha value is -0.370. The van der Waals surface area contributed by atoms with Crippen LogP contribution in [0.4, 0.5) is 0 Å². The van der Waals surface area contributed by atoms with Gasteiger partial charge in [0.2, 0.25) is 0 Å². The van der Waals surface area contributed by atoms with Gasteiger partial charge >= 0.3 is 0 Å². The number of Topliss-reactive ketones (excluding diaryl/α,β-unsaturated/α-hetero) is 1. The molecule has 1 saturated carbocycles. The summed E-state index contributed by atoms with van der Waals surface area (Å²) in [7, 11) is 0. The molecular formula is C10H18O2. The third-order valence-electron chi connectivity index (χ3n) is 2.96. The fourth-order valence-corrected chi connectivity index (χ4v) is 1.73. The average molecular weight is 170 g/mol. The summed E-state index contributed by atoms with van der Waals surface area (Å²) < 4.78 is 0. The van der Waals surface area contributed by atoms with Gasteiger partial charge in [0.05, 0.1) is 11.5 Å². The third kappa shape index (κ3) is 1.69. The summed E-state index contributed by atoms with van der Waals surface area (Å²) >= 11 is 0. The van der Waals surface area contributed by atoms with E-state index in [1.165, 1.54) is 0 Å². The number of aliphatic hydroxyl groups is 1. The highest BCUT2D eigenvalue weighted by atomic mass is 16.3. The van der Waals surface area contributed by atoms with Crippen molar-refractivity contribution in [2.24, 2.45) is 5.41 Å². The lowest BCUT2D eigenvalue weighted by atomic mass is 9.91. The maximum absolute atomic E-state index is 11.2. The Balaban J connectivity index is 2.40. The van der Waals surface area contributed by atoms with Gasteiger partial charge in [-0.05, 0) is 26.2 Å². The van der Waals surface area contributed by atoms with Crippen molar-refractivity contribution in [3.8, 4) is 0 Å². The van der Waals surface area contributed by atoms with E-state index >= 15 is 0 Å². The van der Waals surface area contributed by atoms with E-state index in [1.807, 2.05) is 0 Å². The van der Waals surface area contributed by atoms with Crippen molar-refractivity contribution in [1.82, 2.24) is 0 Å². The van der Waals surface area contributed by atoms with E-state index in [2.05, 4.69) is 6.92 Å². The molecule has 0 aliphatic heterocycles. The van der Waals surface area contributed by atoms with Crippen LogP contribution in [0.5, 0.6) is 0 Å². The molecule has 1 aliphatic carbocycles. The van der Waals surface area contributed by atoms with Crippen LogP contribution < -0.4 is 0 Å². The molecule has 0 aromatic rings. The first kappa shape index (κ1) is 9.72. The number of hydrogen-bond donors (Lipinski definition) is 1. The Morgan fingerprint density at radius 2 is 2.17 bits per heavy atom. The van der Waals surface area contributed by atoms with E-state index in [9.17, 15) is 9.90 Å². The maximum atomic E-state index is 11.2. The molecule has 0 aromatic heterocycles. The summed E-state index contributed by atoms with van der Waals surface area (Å²) in [4.78, 5) is 11.2. The molecule has 0 saturated heterocycles. The lowest BCUT2D eigenvalue weighted by molar-refractivity contribution is -0.126. The number of hydrogen-bond acceptors (Lipinski definition) is 2. The molecule has 0 radical (unpaired) electrons. The molecule has 0 aromatic carbocycles. The van der Waals surface area contributed by atoms with Crippen LogP contribution in [0.25, 0.3) is 0 Å². The summed E-state index contributed by atoms with van der Waals surface area (Å²) in [6, 6.07) is 0. The molecule has 0 amide bonds. The van der Waals surface area contributed by atoms with Crippen LogP contribution in [0.2, 0.25) is 0 Å². The van der Waals surface area contributed by atoms with Gasteiger partial charge in [-0.3, -0.25) is 4.79 Å². The zero-order valence-corrected chi connectivity index (χ0v) is 7.97. The zero-order valence-electron chi connectivity index (χ0n) is 7.97. The molecule has 0 bridgehead atoms. The largest absolute Gasteiger partial charge is 0.392 e. The van der Waals surface area contributed by atoms with Gasteiger partial charge < -0.3 is 5.11 Å². The number of unbranched alkanes of at least 4 members (excludes halogenated alkanes) is 1. The molecule has 1 atom stereocenters. The van der Waals surface area contributed by atoms with E-state index in [-0.39, 0.29) is 17.3 Å². The molecular weight excluding hydrogens is 152 g/mol. The second-order valence-corrected chi connectivity index (χ2v) is 3.87. The quantitative estimate of drug-likeness (QED) is 0.684. The normalized spacial score (nSPS) is 21.9. The molecule has 0 heterocycles. The van der Waals surface area contributed by atoms with Crippen molar-refractivity contribution >= 4 is 5.78 Å². The SMILES string of the molecule is CCCCC(O)C1(C(C)=O)CC1. The fourth-order valence-electron chi connectivity index (χ4n) is 1.73. The number of carbonyl (C=O) groups is 1.